The molecule has 59 heavy (non-hydrogen) atoms. The van der Waals surface area contributed by atoms with Crippen LogP contribution in [0.25, 0.3) is 0 Å². The van der Waals surface area contributed by atoms with Crippen molar-refractivity contribution in [3.8, 4) is 51.7 Å². The molecule has 6 N–H and O–H groups in total. The van der Waals surface area contributed by atoms with Gasteiger partial charge in [0.1, 0.15) is 51.7 Å². The molecule has 3 atom stereocenters. The molecule has 0 aliphatic heterocycles. The minimum Gasteiger partial charge on any atom is -0.496 e. The Morgan fingerprint density at radius 1 is 0.627 bits per heavy atom. The lowest BCUT2D eigenvalue weighted by atomic mass is 10.1. The van der Waals surface area contributed by atoms with Crippen LogP contribution in [0.4, 0.5) is 0 Å². The first kappa shape index (κ1) is 54.0. The first-order valence-electron chi connectivity index (χ1n) is 16.1. The van der Waals surface area contributed by atoms with Crippen molar-refractivity contribution in [2.75, 3.05) is 69.5 Å². The van der Waals surface area contributed by atoms with Crippen molar-refractivity contribution in [1.82, 2.24) is 10.5 Å². The van der Waals surface area contributed by atoms with Crippen LogP contribution in [-0.2, 0) is 41.3 Å². The molecule has 0 radical (unpaired) electrons. The van der Waals surface area contributed by atoms with Crippen molar-refractivity contribution < 1.29 is 91.0 Å². The van der Waals surface area contributed by atoms with Gasteiger partial charge in [0.25, 0.3) is 0 Å². The fourth-order valence-electron chi connectivity index (χ4n) is 4.34. The molecule has 0 amide bonds. The van der Waals surface area contributed by atoms with Gasteiger partial charge in [-0.2, -0.15) is 10.5 Å². The largest absolute Gasteiger partial charge is 0.496 e. The summed E-state index contributed by atoms with van der Waals surface area (Å²) in [6.07, 6.45) is 0.596. The number of rotatable bonds is 22. The van der Waals surface area contributed by atoms with Gasteiger partial charge in [0, 0.05) is 71.8 Å². The molecule has 22 nitrogen and oxygen atoms in total. The zero-order valence-electron chi connectivity index (χ0n) is 33.2. The van der Waals surface area contributed by atoms with Crippen LogP contribution in [0.5, 0.6) is 51.7 Å². The molecule has 25 heteroatoms. The molecule has 3 aromatic rings. The normalized spacial score (nSPS) is 9.83. The molecule has 0 bridgehead atoms. The number of carbonyl (C=O) groups is 4. The second-order valence-corrected chi connectivity index (χ2v) is 11.2. The van der Waals surface area contributed by atoms with E-state index in [0.717, 1.165) is 11.1 Å². The van der Waals surface area contributed by atoms with Crippen LogP contribution >= 0.6 is 28.4 Å². The fourth-order valence-corrected chi connectivity index (χ4v) is 4.50. The van der Waals surface area contributed by atoms with Crippen LogP contribution in [0, 0.1) is 0 Å². The van der Waals surface area contributed by atoms with Crippen LogP contribution < -0.4 is 54.0 Å². The molecule has 3 rings (SSSR count). The molecule has 0 aliphatic carbocycles. The van der Waals surface area contributed by atoms with Crippen molar-refractivity contribution in [3.05, 3.63) is 53.1 Å². The van der Waals surface area contributed by atoms with Gasteiger partial charge in [-0.3, -0.25) is 18.7 Å². The van der Waals surface area contributed by atoms with E-state index in [1.165, 1.54) is 54.8 Å². The number of hydrogen-bond donors (Lipinski definition) is 5. The number of carboxylic acids is 3. The number of carbonyl (C=O) groups excluding carboxylic acids is 1. The highest BCUT2D eigenvalue weighted by Gasteiger charge is 2.17. The van der Waals surface area contributed by atoms with Crippen LogP contribution in [0.2, 0.25) is 0 Å². The molecule has 0 aromatic heterocycles. The molecule has 3 unspecified atom stereocenters. The molecule has 0 aliphatic rings. The summed E-state index contributed by atoms with van der Waals surface area (Å²) in [4.78, 5) is 42.2. The molecular weight excluding hydrogens is 847 g/mol. The molecule has 0 saturated heterocycles. The minimum atomic E-state index is -1.10. The lowest BCUT2D eigenvalue weighted by molar-refractivity contribution is -0.140. The van der Waals surface area contributed by atoms with Crippen molar-refractivity contribution >= 4 is 52.6 Å². The lowest BCUT2D eigenvalue weighted by Gasteiger charge is -2.19. The van der Waals surface area contributed by atoms with Crippen LogP contribution in [0.15, 0.2) is 36.4 Å². The summed E-state index contributed by atoms with van der Waals surface area (Å²) in [5, 5.41) is 27.3. The molecule has 3 aromatic carbocycles. The van der Waals surface area contributed by atoms with E-state index in [0.29, 0.717) is 53.9 Å². The Morgan fingerprint density at radius 2 is 0.932 bits per heavy atom. The highest BCUT2D eigenvalue weighted by Crippen LogP contribution is 2.36. The quantitative estimate of drug-likeness (QED) is 0.0551. The number of benzene rings is 3. The van der Waals surface area contributed by atoms with Crippen LogP contribution in [0.3, 0.4) is 0 Å². The van der Waals surface area contributed by atoms with E-state index in [4.69, 9.17) is 67.2 Å². The highest BCUT2D eigenvalue weighted by molar-refractivity contribution is 7.10. The molecule has 0 heterocycles. The van der Waals surface area contributed by atoms with E-state index in [9.17, 15) is 19.2 Å². The number of hydrogen-bond acceptors (Lipinski definition) is 19. The third kappa shape index (κ3) is 20.5. The zero-order chi connectivity index (χ0) is 44.9. The number of ether oxygens (including phenoxy) is 9. The first-order chi connectivity index (χ1) is 28.2. The number of nitrogens with one attached hydrogen (secondary N) is 1. The van der Waals surface area contributed by atoms with Gasteiger partial charge in [0.05, 0.1) is 72.4 Å². The number of nitrogens with zero attached hydrogens (tertiary/aromatic N) is 1. The number of methoxy groups -OCH3 is 6. The predicted octanol–water partition coefficient (Wildman–Crippen LogP) is 2.95. The van der Waals surface area contributed by atoms with Crippen molar-refractivity contribution in [2.45, 2.75) is 13.1 Å². The average Bonchev–Trinajstić information content (AvgIpc) is 3.23. The molecule has 0 fully saturated rings. The van der Waals surface area contributed by atoms with E-state index >= 15 is 0 Å². The first-order valence-corrected chi connectivity index (χ1v) is 17.6. The van der Waals surface area contributed by atoms with Gasteiger partial charge in [0.2, 0.25) is 0 Å². The molecule has 0 saturated carbocycles. The molecular formula is C34H50N3O19P3. The highest BCUT2D eigenvalue weighted by atomic mass is 31.0. The van der Waals surface area contributed by atoms with Crippen molar-refractivity contribution in [3.63, 3.8) is 0 Å². The van der Waals surface area contributed by atoms with Gasteiger partial charge >= 0.3 is 17.9 Å². The van der Waals surface area contributed by atoms with Crippen LogP contribution in [0.1, 0.15) is 21.5 Å². The maximum atomic E-state index is 10.8. The lowest BCUT2D eigenvalue weighted by Crippen LogP contribution is -2.15. The third-order valence-electron chi connectivity index (χ3n) is 6.78. The van der Waals surface area contributed by atoms with Gasteiger partial charge in [-0.1, -0.05) is 0 Å². The SMILES string of the molecule is COc1cc(OCC(=O)O)cc(OC)c1C=O.COc1cc(OCC(=O)O)cc(OC)c1CN(C)OP.COc1cc(OCC(=O)O)cc(OC)c1CNOP.NOP. The molecule has 0 spiro atoms. The second kappa shape index (κ2) is 31.0. The second-order valence-electron chi connectivity index (χ2n) is 10.5. The average molecular weight is 898 g/mol. The van der Waals surface area contributed by atoms with Gasteiger partial charge in [-0.25, -0.2) is 20.3 Å². The summed E-state index contributed by atoms with van der Waals surface area (Å²) in [6.45, 7) is -0.560. The Bertz CT molecular complexity index is 1680. The van der Waals surface area contributed by atoms with E-state index < -0.39 is 37.7 Å². The van der Waals surface area contributed by atoms with E-state index in [1.54, 1.807) is 36.4 Å². The summed E-state index contributed by atoms with van der Waals surface area (Å²) in [5.74, 6) is 4.67. The Hall–Kier alpha value is -5.01. The van der Waals surface area contributed by atoms with Crippen molar-refractivity contribution in [1.29, 1.82) is 0 Å². The Labute approximate surface area is 347 Å². The van der Waals surface area contributed by atoms with Gasteiger partial charge in [-0.15, -0.1) is 0 Å². The van der Waals surface area contributed by atoms with Crippen molar-refractivity contribution in [2.24, 2.45) is 5.90 Å². The number of nitrogens with two attached hydrogens (primary N) is 1. The molecule has 330 valence electrons. The summed E-state index contributed by atoms with van der Waals surface area (Å²) < 4.78 is 59.6. The predicted molar refractivity (Wildman–Crippen MR) is 218 cm³/mol. The maximum absolute atomic E-state index is 10.8. The minimum absolute atomic E-state index is 0.248. The maximum Gasteiger partial charge on any atom is 0.341 e. The summed E-state index contributed by atoms with van der Waals surface area (Å²) in [6, 6.07) is 9.25. The Kier molecular flexibility index (Phi) is 28.4. The topological polar surface area (TPSA) is 281 Å². The van der Waals surface area contributed by atoms with Crippen LogP contribution in [-0.4, -0.2) is 114 Å². The third-order valence-corrected chi connectivity index (χ3v) is 7.30. The standard InChI is InChI=1S/C12H18NO6P.C11H16NO6P.C11H12O6.H4NOP/c1-13(19-20)6-9-10(16-2)4-8(5-11(9)17-3)18-7-12(14)15;1-15-9-3-7(17-6-11(13)14)4-10(16-2)8(9)5-12-18-19;1-15-9-3-7(17-6-11(13)14)4-10(16-2)8(9)5-12;1-2-3/h4-5H,6-7,20H2,1-3H3,(H,14,15);3-4,12H,5-6,19H2,1-2H3,(H,13,14);3-5H,6H2,1-2H3,(H,13,14);1,3H2. The fraction of sp³-hybridized carbons (Fsp3) is 0.353. The number of carboxylic acid groups (broad SMARTS) is 3. The smallest absolute Gasteiger partial charge is 0.341 e. The van der Waals surface area contributed by atoms with E-state index in [-0.39, 0.29) is 22.8 Å². The Balaban J connectivity index is 0.000000828. The van der Waals surface area contributed by atoms with E-state index in [1.807, 2.05) is 9.47 Å². The summed E-state index contributed by atoms with van der Waals surface area (Å²) in [7, 11) is 16.6. The monoisotopic (exact) mass is 897 g/mol. The summed E-state index contributed by atoms with van der Waals surface area (Å²) in [5.41, 5.74) is 4.40. The van der Waals surface area contributed by atoms with Gasteiger partial charge in [-0.05, 0) is 0 Å². The number of hydroxylamine groups is 3. The van der Waals surface area contributed by atoms with Gasteiger partial charge in [0.15, 0.2) is 26.1 Å². The summed E-state index contributed by atoms with van der Waals surface area (Å²) >= 11 is 0. The number of aldehydes is 1. The Morgan fingerprint density at radius 3 is 1.19 bits per heavy atom. The van der Waals surface area contributed by atoms with E-state index in [2.05, 4.69) is 34.9 Å². The zero-order valence-corrected chi connectivity index (χ0v) is 36.7. The number of aliphatic carboxylic acids is 3. The van der Waals surface area contributed by atoms with Gasteiger partial charge < -0.3 is 58.0 Å².